The fraction of sp³-hybridized carbons (Fsp3) is 0.280. The van der Waals surface area contributed by atoms with Gasteiger partial charge in [-0.1, -0.05) is 66.3 Å². The van der Waals surface area contributed by atoms with E-state index in [1.165, 1.54) is 27.8 Å². The molecular formula is C25H26O2. The molecule has 138 valence electrons. The van der Waals surface area contributed by atoms with Crippen molar-refractivity contribution in [2.45, 2.75) is 26.2 Å². The van der Waals surface area contributed by atoms with Crippen LogP contribution in [-0.2, 0) is 11.2 Å². The van der Waals surface area contributed by atoms with Gasteiger partial charge in [-0.2, -0.15) is 0 Å². The third-order valence-electron chi connectivity index (χ3n) is 5.56. The van der Waals surface area contributed by atoms with Crippen LogP contribution in [0.25, 0.3) is 5.57 Å². The Kier molecular flexibility index (Phi) is 5.00. The van der Waals surface area contributed by atoms with Crippen LogP contribution in [-0.4, -0.2) is 13.9 Å². The van der Waals surface area contributed by atoms with E-state index in [0.29, 0.717) is 11.8 Å². The topological polar surface area (TPSA) is 18.5 Å². The molecule has 0 heterocycles. The Balaban J connectivity index is 1.77. The molecule has 0 radical (unpaired) electrons. The quantitative estimate of drug-likeness (QED) is 0.618. The SMILES string of the molecule is COCOc1ccccc1C(C1=CC=CC2c3ccccc3CC12)=C(C)C. The lowest BCUT2D eigenvalue weighted by Gasteiger charge is -2.28. The highest BCUT2D eigenvalue weighted by Gasteiger charge is 2.36. The first-order valence-electron chi connectivity index (χ1n) is 9.56. The summed E-state index contributed by atoms with van der Waals surface area (Å²) in [4.78, 5) is 0. The van der Waals surface area contributed by atoms with Gasteiger partial charge in [-0.15, -0.1) is 0 Å². The maximum absolute atomic E-state index is 5.88. The summed E-state index contributed by atoms with van der Waals surface area (Å²) in [6.07, 6.45) is 7.97. The molecule has 2 aliphatic carbocycles. The minimum absolute atomic E-state index is 0.253. The second-order valence-corrected chi connectivity index (χ2v) is 7.46. The van der Waals surface area contributed by atoms with Crippen LogP contribution in [0.4, 0.5) is 0 Å². The molecule has 0 bridgehead atoms. The first-order valence-corrected chi connectivity index (χ1v) is 9.56. The molecule has 2 aromatic rings. The standard InChI is InChI=1S/C25H26O2/c1-17(2)25(22-11-6-7-14-24(22)27-16-26-3)21-13-8-12-20-19-10-5-4-9-18(19)15-23(20)21/h4-14,20,23H,15-16H2,1-3H3. The zero-order chi connectivity index (χ0) is 18.8. The van der Waals surface area contributed by atoms with Crippen molar-refractivity contribution >= 4 is 5.57 Å². The molecule has 2 nitrogen and oxygen atoms in total. The monoisotopic (exact) mass is 358 g/mol. The molecule has 0 aromatic heterocycles. The highest BCUT2D eigenvalue weighted by Crippen LogP contribution is 2.49. The van der Waals surface area contributed by atoms with Crippen LogP contribution in [0.5, 0.6) is 5.75 Å². The highest BCUT2D eigenvalue weighted by atomic mass is 16.7. The molecule has 2 aliphatic rings. The zero-order valence-electron chi connectivity index (χ0n) is 16.2. The Morgan fingerprint density at radius 1 is 1.04 bits per heavy atom. The van der Waals surface area contributed by atoms with Gasteiger partial charge in [0.15, 0.2) is 6.79 Å². The lowest BCUT2D eigenvalue weighted by molar-refractivity contribution is 0.0509. The summed E-state index contributed by atoms with van der Waals surface area (Å²) in [6, 6.07) is 17.1. The van der Waals surface area contributed by atoms with Gasteiger partial charge in [-0.25, -0.2) is 0 Å². The summed E-state index contributed by atoms with van der Waals surface area (Å²) in [7, 11) is 1.65. The van der Waals surface area contributed by atoms with Crippen molar-refractivity contribution in [2.24, 2.45) is 5.92 Å². The first-order chi connectivity index (χ1) is 13.2. The van der Waals surface area contributed by atoms with Crippen molar-refractivity contribution in [1.82, 2.24) is 0 Å². The number of para-hydroxylation sites is 1. The Bertz CT molecular complexity index is 929. The summed E-state index contributed by atoms with van der Waals surface area (Å²) in [5, 5.41) is 0. The van der Waals surface area contributed by atoms with Crippen molar-refractivity contribution in [3.05, 3.63) is 94.6 Å². The molecule has 0 saturated heterocycles. The molecule has 27 heavy (non-hydrogen) atoms. The van der Waals surface area contributed by atoms with Crippen LogP contribution in [0.15, 0.2) is 77.9 Å². The van der Waals surface area contributed by atoms with E-state index in [1.54, 1.807) is 7.11 Å². The van der Waals surface area contributed by atoms with E-state index in [4.69, 9.17) is 9.47 Å². The molecule has 0 N–H and O–H groups in total. The Morgan fingerprint density at radius 3 is 2.63 bits per heavy atom. The van der Waals surface area contributed by atoms with Crippen molar-refractivity contribution in [2.75, 3.05) is 13.9 Å². The maximum Gasteiger partial charge on any atom is 0.188 e. The van der Waals surface area contributed by atoms with Gasteiger partial charge in [-0.3, -0.25) is 0 Å². The average molecular weight is 358 g/mol. The number of hydrogen-bond acceptors (Lipinski definition) is 2. The largest absolute Gasteiger partial charge is 0.467 e. The molecule has 0 fully saturated rings. The van der Waals surface area contributed by atoms with Crippen molar-refractivity contribution in [1.29, 1.82) is 0 Å². The maximum atomic E-state index is 5.88. The molecular weight excluding hydrogens is 332 g/mol. The van der Waals surface area contributed by atoms with Gasteiger partial charge in [0.2, 0.25) is 0 Å². The molecule has 0 amide bonds. The van der Waals surface area contributed by atoms with E-state index >= 15 is 0 Å². The lowest BCUT2D eigenvalue weighted by atomic mass is 9.76. The second kappa shape index (κ2) is 7.58. The minimum atomic E-state index is 0.253. The number of ether oxygens (including phenoxy) is 2. The molecule has 0 saturated carbocycles. The number of rotatable bonds is 5. The highest BCUT2D eigenvalue weighted by molar-refractivity contribution is 5.85. The fourth-order valence-electron chi connectivity index (χ4n) is 4.47. The zero-order valence-corrected chi connectivity index (χ0v) is 16.2. The van der Waals surface area contributed by atoms with Crippen molar-refractivity contribution < 1.29 is 9.47 Å². The van der Waals surface area contributed by atoms with E-state index in [2.05, 4.69) is 68.5 Å². The van der Waals surface area contributed by atoms with E-state index in [0.717, 1.165) is 17.7 Å². The van der Waals surface area contributed by atoms with Gasteiger partial charge in [0.25, 0.3) is 0 Å². The van der Waals surface area contributed by atoms with Gasteiger partial charge in [0, 0.05) is 18.6 Å². The fourth-order valence-corrected chi connectivity index (χ4v) is 4.47. The predicted octanol–water partition coefficient (Wildman–Crippen LogP) is 5.92. The molecule has 2 atom stereocenters. The molecule has 2 aromatic carbocycles. The van der Waals surface area contributed by atoms with Crippen molar-refractivity contribution in [3.63, 3.8) is 0 Å². The van der Waals surface area contributed by atoms with Crippen LogP contribution in [0, 0.1) is 5.92 Å². The summed E-state index contributed by atoms with van der Waals surface area (Å²) < 4.78 is 11.0. The minimum Gasteiger partial charge on any atom is -0.467 e. The molecule has 0 aliphatic heterocycles. The summed E-state index contributed by atoms with van der Waals surface area (Å²) >= 11 is 0. The van der Waals surface area contributed by atoms with E-state index in [-0.39, 0.29) is 6.79 Å². The van der Waals surface area contributed by atoms with Gasteiger partial charge < -0.3 is 9.47 Å². The number of benzene rings is 2. The average Bonchev–Trinajstić information content (AvgIpc) is 3.07. The molecule has 0 spiro atoms. The smallest absolute Gasteiger partial charge is 0.188 e. The van der Waals surface area contributed by atoms with Gasteiger partial charge in [0.1, 0.15) is 5.75 Å². The third-order valence-corrected chi connectivity index (χ3v) is 5.56. The van der Waals surface area contributed by atoms with Gasteiger partial charge in [0.05, 0.1) is 0 Å². The second-order valence-electron chi connectivity index (χ2n) is 7.46. The molecule has 4 rings (SSSR count). The van der Waals surface area contributed by atoms with Crippen molar-refractivity contribution in [3.8, 4) is 5.75 Å². The van der Waals surface area contributed by atoms with Crippen LogP contribution >= 0.6 is 0 Å². The Hall–Kier alpha value is -2.58. The van der Waals surface area contributed by atoms with E-state index < -0.39 is 0 Å². The van der Waals surface area contributed by atoms with Crippen LogP contribution in [0.3, 0.4) is 0 Å². The molecule has 2 unspecified atom stereocenters. The van der Waals surface area contributed by atoms with Crippen LogP contribution < -0.4 is 4.74 Å². The predicted molar refractivity (Wildman–Crippen MR) is 111 cm³/mol. The lowest BCUT2D eigenvalue weighted by Crippen LogP contribution is -2.14. The van der Waals surface area contributed by atoms with Gasteiger partial charge >= 0.3 is 0 Å². The van der Waals surface area contributed by atoms with Crippen LogP contribution in [0.2, 0.25) is 0 Å². The Labute approximate surface area is 161 Å². The van der Waals surface area contributed by atoms with Crippen LogP contribution in [0.1, 0.15) is 36.5 Å². The van der Waals surface area contributed by atoms with E-state index in [1.807, 2.05) is 12.1 Å². The summed E-state index contributed by atoms with van der Waals surface area (Å²) in [6.45, 7) is 4.64. The van der Waals surface area contributed by atoms with E-state index in [9.17, 15) is 0 Å². The number of hydrogen-bond donors (Lipinski definition) is 0. The number of allylic oxidation sites excluding steroid dienone is 6. The summed E-state index contributed by atoms with van der Waals surface area (Å²) in [5.74, 6) is 1.81. The number of methoxy groups -OCH3 is 1. The third kappa shape index (κ3) is 3.26. The molecule has 2 heteroatoms. The van der Waals surface area contributed by atoms with Gasteiger partial charge in [-0.05, 0) is 54.5 Å². The summed E-state index contributed by atoms with van der Waals surface area (Å²) in [5.41, 5.74) is 8.11. The normalized spacial score (nSPS) is 19.9. The first kappa shape index (κ1) is 17.8. The Morgan fingerprint density at radius 2 is 1.81 bits per heavy atom. The number of fused-ring (bicyclic) bond motifs is 3.